The molecule has 2 heterocycles. The smallest absolute Gasteiger partial charge is 0.258 e. The van der Waals surface area contributed by atoms with Gasteiger partial charge in [0.2, 0.25) is 0 Å². The van der Waals surface area contributed by atoms with Gasteiger partial charge >= 0.3 is 0 Å². The number of rotatable bonds is 1. The minimum Gasteiger partial charge on any atom is -0.310 e. The zero-order valence-corrected chi connectivity index (χ0v) is 9.17. The topological polar surface area (TPSA) is 58.6 Å². The first-order valence-electron chi connectivity index (χ1n) is 4.64. The molecule has 2 aromatic rings. The number of aromatic nitrogens is 3. The van der Waals surface area contributed by atoms with E-state index in [0.29, 0.717) is 16.7 Å². The summed E-state index contributed by atoms with van der Waals surface area (Å²) >= 11 is 5.88. The van der Waals surface area contributed by atoms with E-state index in [-0.39, 0.29) is 16.6 Å². The summed E-state index contributed by atoms with van der Waals surface area (Å²) in [6.45, 7) is 3.91. The van der Waals surface area contributed by atoms with Crippen LogP contribution in [0.15, 0.2) is 17.1 Å². The van der Waals surface area contributed by atoms with Crippen molar-refractivity contribution in [2.45, 2.75) is 19.8 Å². The van der Waals surface area contributed by atoms with Crippen LogP contribution in [0.5, 0.6) is 0 Å². The summed E-state index contributed by atoms with van der Waals surface area (Å²) in [7, 11) is 0. The van der Waals surface area contributed by atoms with Crippen molar-refractivity contribution in [1.29, 1.82) is 0 Å². The first kappa shape index (κ1) is 10.1. The molecule has 2 aromatic heterocycles. The van der Waals surface area contributed by atoms with Crippen molar-refractivity contribution in [3.05, 3.63) is 33.6 Å². The van der Waals surface area contributed by atoms with E-state index in [9.17, 15) is 4.79 Å². The zero-order chi connectivity index (χ0) is 11.0. The first-order chi connectivity index (χ1) is 7.09. The zero-order valence-electron chi connectivity index (χ0n) is 8.41. The Morgan fingerprint density at radius 3 is 2.87 bits per heavy atom. The normalized spacial score (nSPS) is 11.2. The van der Waals surface area contributed by atoms with Crippen LogP contribution in [0.3, 0.4) is 0 Å². The molecule has 1 N–H and O–H groups in total. The molecule has 0 aromatic carbocycles. The van der Waals surface area contributed by atoms with Crippen LogP contribution in [0, 0.1) is 0 Å². The highest BCUT2D eigenvalue weighted by Gasteiger charge is 2.09. The predicted octanol–water partition coefficient (Wildman–Crippen LogP) is 2.09. The second-order valence-electron chi connectivity index (χ2n) is 3.60. The quantitative estimate of drug-likeness (QED) is 0.754. The van der Waals surface area contributed by atoms with Crippen molar-refractivity contribution in [2.75, 3.05) is 0 Å². The molecule has 4 nitrogen and oxygen atoms in total. The van der Waals surface area contributed by atoms with Gasteiger partial charge in [0.15, 0.2) is 5.15 Å². The molecule has 15 heavy (non-hydrogen) atoms. The molecular formula is C10H10ClN3O. The molecule has 0 aliphatic carbocycles. The molecule has 0 aliphatic rings. The minimum absolute atomic E-state index is 0.151. The van der Waals surface area contributed by atoms with Crippen LogP contribution < -0.4 is 5.56 Å². The first-order valence-corrected chi connectivity index (χ1v) is 5.02. The summed E-state index contributed by atoms with van der Waals surface area (Å²) in [5, 5.41) is 0.736. The number of pyridine rings is 1. The van der Waals surface area contributed by atoms with Crippen molar-refractivity contribution in [1.82, 2.24) is 15.0 Å². The molecule has 78 valence electrons. The fourth-order valence-corrected chi connectivity index (χ4v) is 1.52. The van der Waals surface area contributed by atoms with Crippen molar-refractivity contribution in [3.63, 3.8) is 0 Å². The Morgan fingerprint density at radius 2 is 2.20 bits per heavy atom. The third-order valence-corrected chi connectivity index (χ3v) is 2.42. The van der Waals surface area contributed by atoms with Gasteiger partial charge in [0.1, 0.15) is 11.3 Å². The molecule has 0 unspecified atom stereocenters. The van der Waals surface area contributed by atoms with Crippen molar-refractivity contribution < 1.29 is 0 Å². The lowest BCUT2D eigenvalue weighted by Crippen LogP contribution is -2.13. The third kappa shape index (κ3) is 1.72. The predicted molar refractivity (Wildman–Crippen MR) is 59.3 cm³/mol. The van der Waals surface area contributed by atoms with E-state index < -0.39 is 0 Å². The van der Waals surface area contributed by atoms with Crippen LogP contribution in [0.4, 0.5) is 0 Å². The Labute approximate surface area is 91.3 Å². The second-order valence-corrected chi connectivity index (χ2v) is 3.96. The highest BCUT2D eigenvalue weighted by Crippen LogP contribution is 2.17. The molecule has 0 aliphatic heterocycles. The molecule has 0 saturated carbocycles. The Kier molecular flexibility index (Phi) is 2.44. The summed E-state index contributed by atoms with van der Waals surface area (Å²) in [5.41, 5.74) is 0.291. The van der Waals surface area contributed by atoms with E-state index in [1.807, 2.05) is 13.8 Å². The number of aromatic amines is 1. The second kappa shape index (κ2) is 3.62. The summed E-state index contributed by atoms with van der Waals surface area (Å²) in [6, 6.07) is 1.61. The number of fused-ring (bicyclic) bond motifs is 1. The minimum atomic E-state index is -0.173. The lowest BCUT2D eigenvalue weighted by atomic mass is 10.2. The van der Waals surface area contributed by atoms with E-state index in [0.717, 1.165) is 0 Å². The molecule has 0 saturated heterocycles. The maximum atomic E-state index is 11.7. The molecule has 2 rings (SSSR count). The Bertz CT molecular complexity index is 562. The van der Waals surface area contributed by atoms with Crippen LogP contribution in [0.1, 0.15) is 25.6 Å². The van der Waals surface area contributed by atoms with Gasteiger partial charge in [-0.1, -0.05) is 25.4 Å². The number of nitrogens with one attached hydrogen (secondary N) is 1. The van der Waals surface area contributed by atoms with E-state index in [2.05, 4.69) is 15.0 Å². The van der Waals surface area contributed by atoms with Gasteiger partial charge in [-0.3, -0.25) is 4.79 Å². The molecule has 0 radical (unpaired) electrons. The number of halogens is 1. The van der Waals surface area contributed by atoms with Crippen LogP contribution in [-0.4, -0.2) is 15.0 Å². The summed E-state index contributed by atoms with van der Waals surface area (Å²) in [6.07, 6.45) is 1.50. The van der Waals surface area contributed by atoms with Gasteiger partial charge in [-0.2, -0.15) is 0 Å². The molecule has 5 heteroatoms. The van der Waals surface area contributed by atoms with Gasteiger partial charge in [0, 0.05) is 12.1 Å². The lowest BCUT2D eigenvalue weighted by molar-refractivity contribution is 0.776. The average Bonchev–Trinajstić information content (AvgIpc) is 2.19. The Morgan fingerprint density at radius 1 is 1.47 bits per heavy atom. The van der Waals surface area contributed by atoms with Crippen molar-refractivity contribution >= 4 is 22.5 Å². The summed E-state index contributed by atoms with van der Waals surface area (Å²) in [4.78, 5) is 22.6. The molecule has 0 bridgehead atoms. The summed E-state index contributed by atoms with van der Waals surface area (Å²) < 4.78 is 0. The fraction of sp³-hybridized carbons (Fsp3) is 0.300. The van der Waals surface area contributed by atoms with Crippen LogP contribution >= 0.6 is 11.6 Å². The highest BCUT2D eigenvalue weighted by atomic mass is 35.5. The fourth-order valence-electron chi connectivity index (χ4n) is 1.32. The van der Waals surface area contributed by atoms with Crippen LogP contribution in [0.2, 0.25) is 5.15 Å². The largest absolute Gasteiger partial charge is 0.310 e. The SMILES string of the molecule is CC(C)c1nc2c(Cl)nccc2c(=O)[nH]1. The number of hydrogen-bond donors (Lipinski definition) is 1. The van der Waals surface area contributed by atoms with Gasteiger partial charge in [-0.25, -0.2) is 9.97 Å². The molecule has 0 atom stereocenters. The standard InChI is InChI=1S/C10H10ClN3O/c1-5(2)9-13-7-6(10(15)14-9)3-4-12-8(7)11/h3-5H,1-2H3,(H,13,14,15). The monoisotopic (exact) mass is 223 g/mol. The van der Waals surface area contributed by atoms with Gasteiger partial charge in [-0.05, 0) is 6.07 Å². The number of H-pyrrole nitrogens is 1. The third-order valence-electron chi connectivity index (χ3n) is 2.14. The highest BCUT2D eigenvalue weighted by molar-refractivity contribution is 6.33. The van der Waals surface area contributed by atoms with E-state index in [4.69, 9.17) is 11.6 Å². The van der Waals surface area contributed by atoms with Gasteiger partial charge in [0.25, 0.3) is 5.56 Å². The Hall–Kier alpha value is -1.42. The Balaban J connectivity index is 2.86. The number of nitrogens with zero attached hydrogens (tertiary/aromatic N) is 2. The average molecular weight is 224 g/mol. The molecule has 0 spiro atoms. The number of hydrogen-bond acceptors (Lipinski definition) is 3. The van der Waals surface area contributed by atoms with Crippen molar-refractivity contribution in [2.24, 2.45) is 0 Å². The van der Waals surface area contributed by atoms with Crippen LogP contribution in [0.25, 0.3) is 10.9 Å². The maximum Gasteiger partial charge on any atom is 0.258 e. The molecule has 0 amide bonds. The molecule has 0 fully saturated rings. The van der Waals surface area contributed by atoms with E-state index in [1.165, 1.54) is 6.20 Å². The van der Waals surface area contributed by atoms with Gasteiger partial charge < -0.3 is 4.98 Å². The van der Waals surface area contributed by atoms with E-state index in [1.54, 1.807) is 6.07 Å². The maximum absolute atomic E-state index is 11.7. The molecular weight excluding hydrogens is 214 g/mol. The lowest BCUT2D eigenvalue weighted by Gasteiger charge is -2.05. The van der Waals surface area contributed by atoms with Gasteiger partial charge in [0.05, 0.1) is 5.39 Å². The van der Waals surface area contributed by atoms with Gasteiger partial charge in [-0.15, -0.1) is 0 Å². The van der Waals surface area contributed by atoms with E-state index >= 15 is 0 Å². The van der Waals surface area contributed by atoms with Crippen molar-refractivity contribution in [3.8, 4) is 0 Å². The summed E-state index contributed by atoms with van der Waals surface area (Å²) in [5.74, 6) is 0.778. The van der Waals surface area contributed by atoms with Crippen LogP contribution in [-0.2, 0) is 0 Å².